The van der Waals surface area contributed by atoms with E-state index in [9.17, 15) is 9.59 Å². The Balaban J connectivity index is 1.61. The Bertz CT molecular complexity index is 858. The summed E-state index contributed by atoms with van der Waals surface area (Å²) in [5.74, 6) is 0.194. The number of amides is 2. The highest BCUT2D eigenvalue weighted by Gasteiger charge is 2.21. The smallest absolute Gasteiger partial charge is 0.262 e. The molecule has 0 unspecified atom stereocenters. The number of nitrogens with one attached hydrogen (secondary N) is 1. The number of hydrogen-bond acceptors (Lipinski definition) is 3. The summed E-state index contributed by atoms with van der Waals surface area (Å²) in [4.78, 5) is 25.6. The maximum Gasteiger partial charge on any atom is 0.262 e. The first kappa shape index (κ1) is 18.8. The first-order chi connectivity index (χ1) is 12.4. The van der Waals surface area contributed by atoms with Crippen molar-refractivity contribution in [3.63, 3.8) is 0 Å². The van der Waals surface area contributed by atoms with Crippen LogP contribution < -0.4 is 15.0 Å². The number of ether oxygens (including phenoxy) is 1. The van der Waals surface area contributed by atoms with Crippen LogP contribution in [-0.4, -0.2) is 25.0 Å². The predicted octanol–water partition coefficient (Wildman–Crippen LogP) is 4.79. The molecule has 1 saturated heterocycles. The van der Waals surface area contributed by atoms with Gasteiger partial charge in [-0.05, 0) is 30.7 Å². The molecule has 2 amide bonds. The van der Waals surface area contributed by atoms with Crippen LogP contribution in [0.15, 0.2) is 36.4 Å². The number of halogens is 3. The lowest BCUT2D eigenvalue weighted by Gasteiger charge is -2.16. The second-order valence-corrected chi connectivity index (χ2v) is 6.95. The lowest BCUT2D eigenvalue weighted by Crippen LogP contribution is -2.24. The number of benzene rings is 2. The molecule has 1 aliphatic rings. The number of rotatable bonds is 5. The van der Waals surface area contributed by atoms with Crippen LogP contribution in [0.1, 0.15) is 12.8 Å². The van der Waals surface area contributed by atoms with Gasteiger partial charge in [0.1, 0.15) is 5.75 Å². The summed E-state index contributed by atoms with van der Waals surface area (Å²) in [6.07, 6.45) is 1.40. The van der Waals surface area contributed by atoms with Gasteiger partial charge in [-0.15, -0.1) is 0 Å². The number of anilines is 2. The Hall–Kier alpha value is -1.95. The standard InChI is InChI=1S/C18H15Cl3N2O3/c19-13-8-15(21)16(9-14(13)20)22-17(24)10-26-12-4-1-3-11(7-12)23-6-2-5-18(23)25/h1,3-4,7-9H,2,5-6,10H2,(H,22,24). The fraction of sp³-hybridized carbons (Fsp3) is 0.222. The van der Waals surface area contributed by atoms with Gasteiger partial charge in [0, 0.05) is 24.7 Å². The monoisotopic (exact) mass is 412 g/mol. The largest absolute Gasteiger partial charge is 0.484 e. The first-order valence-electron chi connectivity index (χ1n) is 7.91. The minimum atomic E-state index is -0.395. The molecule has 0 bridgehead atoms. The Morgan fingerprint density at radius 3 is 2.62 bits per heavy atom. The van der Waals surface area contributed by atoms with E-state index >= 15 is 0 Å². The summed E-state index contributed by atoms with van der Waals surface area (Å²) in [7, 11) is 0. The summed E-state index contributed by atoms with van der Waals surface area (Å²) in [6, 6.07) is 10.0. The molecule has 1 aliphatic heterocycles. The molecule has 0 atom stereocenters. The molecule has 0 aliphatic carbocycles. The molecule has 1 N–H and O–H groups in total. The molecule has 136 valence electrons. The van der Waals surface area contributed by atoms with Crippen LogP contribution in [0.2, 0.25) is 15.1 Å². The molecule has 0 aromatic heterocycles. The average Bonchev–Trinajstić information content (AvgIpc) is 3.04. The molecular weight excluding hydrogens is 399 g/mol. The maximum absolute atomic E-state index is 12.1. The van der Waals surface area contributed by atoms with E-state index in [4.69, 9.17) is 39.5 Å². The molecule has 2 aromatic rings. The van der Waals surface area contributed by atoms with Crippen molar-refractivity contribution >= 4 is 58.0 Å². The van der Waals surface area contributed by atoms with Gasteiger partial charge in [0.2, 0.25) is 5.91 Å². The van der Waals surface area contributed by atoms with E-state index in [0.29, 0.717) is 29.4 Å². The van der Waals surface area contributed by atoms with E-state index in [1.165, 1.54) is 12.1 Å². The van der Waals surface area contributed by atoms with Crippen molar-refractivity contribution in [3.8, 4) is 5.75 Å². The van der Waals surface area contributed by atoms with Crippen LogP contribution in [0.25, 0.3) is 0 Å². The van der Waals surface area contributed by atoms with E-state index in [0.717, 1.165) is 12.1 Å². The molecule has 0 spiro atoms. The molecular formula is C18H15Cl3N2O3. The van der Waals surface area contributed by atoms with Crippen LogP contribution in [-0.2, 0) is 9.59 Å². The summed E-state index contributed by atoms with van der Waals surface area (Å²) in [5.41, 5.74) is 1.11. The van der Waals surface area contributed by atoms with Gasteiger partial charge in [0.15, 0.2) is 6.61 Å². The number of nitrogens with zero attached hydrogens (tertiary/aromatic N) is 1. The van der Waals surface area contributed by atoms with E-state index < -0.39 is 5.91 Å². The fourth-order valence-corrected chi connectivity index (χ4v) is 3.21. The second kappa shape index (κ2) is 8.16. The van der Waals surface area contributed by atoms with Crippen molar-refractivity contribution in [2.45, 2.75) is 12.8 Å². The van der Waals surface area contributed by atoms with Gasteiger partial charge in [-0.1, -0.05) is 40.9 Å². The van der Waals surface area contributed by atoms with Crippen molar-refractivity contribution in [1.82, 2.24) is 0 Å². The summed E-state index contributed by atoms with van der Waals surface area (Å²) < 4.78 is 5.52. The fourth-order valence-electron chi connectivity index (χ4n) is 2.62. The van der Waals surface area contributed by atoms with Gasteiger partial charge in [0.05, 0.1) is 20.8 Å². The summed E-state index contributed by atoms with van der Waals surface area (Å²) >= 11 is 17.8. The van der Waals surface area contributed by atoms with Gasteiger partial charge >= 0.3 is 0 Å². The molecule has 1 heterocycles. The molecule has 26 heavy (non-hydrogen) atoms. The molecule has 1 fully saturated rings. The highest BCUT2D eigenvalue weighted by Crippen LogP contribution is 2.32. The van der Waals surface area contributed by atoms with Gasteiger partial charge in [-0.3, -0.25) is 9.59 Å². The van der Waals surface area contributed by atoms with Gasteiger partial charge < -0.3 is 15.0 Å². The summed E-state index contributed by atoms with van der Waals surface area (Å²) in [5, 5.41) is 3.49. The highest BCUT2D eigenvalue weighted by molar-refractivity contribution is 6.44. The third-order valence-corrected chi connectivity index (χ3v) is 4.89. The number of carbonyl (C=O) groups excluding carboxylic acids is 2. The molecule has 5 nitrogen and oxygen atoms in total. The minimum Gasteiger partial charge on any atom is -0.484 e. The normalized spacial score (nSPS) is 13.8. The molecule has 8 heteroatoms. The zero-order valence-electron chi connectivity index (χ0n) is 13.6. The maximum atomic E-state index is 12.1. The lowest BCUT2D eigenvalue weighted by molar-refractivity contribution is -0.118. The molecule has 3 rings (SSSR count). The third kappa shape index (κ3) is 4.41. The Labute approximate surface area is 165 Å². The van der Waals surface area contributed by atoms with E-state index in [1.54, 1.807) is 23.1 Å². The quantitative estimate of drug-likeness (QED) is 0.717. The van der Waals surface area contributed by atoms with Crippen molar-refractivity contribution in [2.24, 2.45) is 0 Å². The number of carbonyl (C=O) groups is 2. The van der Waals surface area contributed by atoms with Gasteiger partial charge in [-0.2, -0.15) is 0 Å². The van der Waals surface area contributed by atoms with Gasteiger partial charge in [-0.25, -0.2) is 0 Å². The third-order valence-electron chi connectivity index (χ3n) is 3.86. The Kier molecular flexibility index (Phi) is 5.91. The van der Waals surface area contributed by atoms with Crippen LogP contribution in [0, 0.1) is 0 Å². The zero-order chi connectivity index (χ0) is 18.7. The lowest BCUT2D eigenvalue weighted by atomic mass is 10.3. The van der Waals surface area contributed by atoms with Crippen LogP contribution >= 0.6 is 34.8 Å². The first-order valence-corrected chi connectivity index (χ1v) is 9.05. The van der Waals surface area contributed by atoms with Crippen LogP contribution in [0.4, 0.5) is 11.4 Å². The Morgan fingerprint density at radius 1 is 1.12 bits per heavy atom. The van der Waals surface area contributed by atoms with Crippen LogP contribution in [0.3, 0.4) is 0 Å². The van der Waals surface area contributed by atoms with E-state index in [-0.39, 0.29) is 22.6 Å². The van der Waals surface area contributed by atoms with E-state index in [1.807, 2.05) is 6.07 Å². The van der Waals surface area contributed by atoms with Crippen molar-refractivity contribution in [3.05, 3.63) is 51.5 Å². The van der Waals surface area contributed by atoms with Crippen molar-refractivity contribution in [2.75, 3.05) is 23.4 Å². The highest BCUT2D eigenvalue weighted by atomic mass is 35.5. The molecule has 2 aromatic carbocycles. The van der Waals surface area contributed by atoms with E-state index in [2.05, 4.69) is 5.32 Å². The minimum absolute atomic E-state index is 0.0918. The Morgan fingerprint density at radius 2 is 1.88 bits per heavy atom. The number of hydrogen-bond donors (Lipinski definition) is 1. The average molecular weight is 414 g/mol. The zero-order valence-corrected chi connectivity index (χ0v) is 15.9. The topological polar surface area (TPSA) is 58.6 Å². The van der Waals surface area contributed by atoms with Gasteiger partial charge in [0.25, 0.3) is 5.91 Å². The van der Waals surface area contributed by atoms with Crippen molar-refractivity contribution in [1.29, 1.82) is 0 Å². The van der Waals surface area contributed by atoms with Crippen LogP contribution in [0.5, 0.6) is 5.75 Å². The van der Waals surface area contributed by atoms with Crippen molar-refractivity contribution < 1.29 is 14.3 Å². The molecule has 0 saturated carbocycles. The molecule has 0 radical (unpaired) electrons. The predicted molar refractivity (Wildman–Crippen MR) is 104 cm³/mol. The second-order valence-electron chi connectivity index (χ2n) is 5.73. The SMILES string of the molecule is O=C(COc1cccc(N2CCCC2=O)c1)Nc1cc(Cl)c(Cl)cc1Cl. The summed E-state index contributed by atoms with van der Waals surface area (Å²) in [6.45, 7) is 0.479.